The van der Waals surface area contributed by atoms with Crippen LogP contribution in [-0.2, 0) is 11.2 Å². The summed E-state index contributed by atoms with van der Waals surface area (Å²) in [5.41, 5.74) is 2.19. The lowest BCUT2D eigenvalue weighted by atomic mass is 10.2. The zero-order valence-electron chi connectivity index (χ0n) is 17.6. The number of anilines is 1. The molecule has 0 aliphatic carbocycles. The van der Waals surface area contributed by atoms with E-state index >= 15 is 0 Å². The van der Waals surface area contributed by atoms with Crippen LogP contribution in [0.2, 0.25) is 0 Å². The maximum absolute atomic E-state index is 12.2. The summed E-state index contributed by atoms with van der Waals surface area (Å²) >= 11 is 0. The molecule has 0 saturated carbocycles. The molecule has 7 heteroatoms. The Morgan fingerprint density at radius 3 is 2.54 bits per heavy atom. The van der Waals surface area contributed by atoms with Gasteiger partial charge in [-0.15, -0.1) is 0 Å². The number of aliphatic imine (C=N–C) groups is 1. The number of benzene rings is 1. The average molecular weight is 388 g/mol. The number of para-hydroxylation sites is 1. The number of guanidine groups is 1. The van der Waals surface area contributed by atoms with Gasteiger partial charge in [0.05, 0.1) is 0 Å². The molecule has 3 rings (SSSR count). The van der Waals surface area contributed by atoms with E-state index in [0.717, 1.165) is 45.1 Å². The highest BCUT2D eigenvalue weighted by atomic mass is 16.6. The van der Waals surface area contributed by atoms with E-state index in [2.05, 4.69) is 44.4 Å². The van der Waals surface area contributed by atoms with E-state index in [1.165, 1.54) is 11.3 Å². The van der Waals surface area contributed by atoms with Crippen molar-refractivity contribution in [2.24, 2.45) is 4.99 Å². The molecule has 1 aromatic carbocycles. The molecule has 1 saturated heterocycles. The Bertz CT molecular complexity index is 705. The van der Waals surface area contributed by atoms with Crippen LogP contribution in [0.1, 0.15) is 26.3 Å². The fourth-order valence-electron chi connectivity index (χ4n) is 3.66. The molecule has 0 spiro atoms. The Morgan fingerprint density at radius 1 is 1.14 bits per heavy atom. The van der Waals surface area contributed by atoms with Gasteiger partial charge in [-0.2, -0.15) is 0 Å². The third-order valence-corrected chi connectivity index (χ3v) is 5.09. The molecule has 1 aromatic rings. The van der Waals surface area contributed by atoms with E-state index in [9.17, 15) is 4.79 Å². The fourth-order valence-corrected chi connectivity index (χ4v) is 3.66. The highest BCUT2D eigenvalue weighted by Crippen LogP contribution is 2.27. The van der Waals surface area contributed by atoms with Crippen LogP contribution in [0.3, 0.4) is 0 Å². The Hall–Kier alpha value is -2.28. The van der Waals surface area contributed by atoms with Gasteiger partial charge in [0.2, 0.25) is 0 Å². The number of nitrogens with zero attached hydrogens (tertiary/aromatic N) is 4. The first-order chi connectivity index (χ1) is 13.4. The summed E-state index contributed by atoms with van der Waals surface area (Å²) in [6, 6.07) is 8.52. The average Bonchev–Trinajstić information content (AvgIpc) is 3.08. The molecule has 0 aromatic heterocycles. The molecule has 2 aliphatic rings. The van der Waals surface area contributed by atoms with Crippen LogP contribution in [0.5, 0.6) is 0 Å². The van der Waals surface area contributed by atoms with Crippen LogP contribution >= 0.6 is 0 Å². The van der Waals surface area contributed by atoms with E-state index < -0.39 is 5.60 Å². The van der Waals surface area contributed by atoms with Gasteiger partial charge in [-0.3, -0.25) is 9.89 Å². The zero-order valence-corrected chi connectivity index (χ0v) is 17.6. The highest BCUT2D eigenvalue weighted by molar-refractivity contribution is 5.97. The van der Waals surface area contributed by atoms with Crippen molar-refractivity contribution in [2.45, 2.75) is 32.8 Å². The minimum absolute atomic E-state index is 0.210. The van der Waals surface area contributed by atoms with Crippen molar-refractivity contribution in [3.8, 4) is 0 Å². The van der Waals surface area contributed by atoms with Crippen LogP contribution < -0.4 is 10.2 Å². The summed E-state index contributed by atoms with van der Waals surface area (Å²) in [5, 5.41) is 3.49. The third-order valence-electron chi connectivity index (χ3n) is 5.09. The summed E-state index contributed by atoms with van der Waals surface area (Å²) in [6.07, 6.45) is 0.849. The second-order valence-electron chi connectivity index (χ2n) is 8.31. The molecule has 2 heterocycles. The maximum atomic E-state index is 12.2. The molecule has 0 unspecified atom stereocenters. The molecule has 154 valence electrons. The number of hydrogen-bond donors (Lipinski definition) is 1. The summed E-state index contributed by atoms with van der Waals surface area (Å²) in [6.45, 7) is 11.6. The van der Waals surface area contributed by atoms with E-state index in [4.69, 9.17) is 4.74 Å². The van der Waals surface area contributed by atoms with Gasteiger partial charge in [-0.25, -0.2) is 4.79 Å². The van der Waals surface area contributed by atoms with E-state index in [0.29, 0.717) is 13.1 Å². The number of ether oxygens (including phenoxy) is 1. The minimum atomic E-state index is -0.442. The van der Waals surface area contributed by atoms with Crippen LogP contribution in [0, 0.1) is 0 Å². The number of fused-ring (bicyclic) bond motifs is 1. The van der Waals surface area contributed by atoms with Crippen molar-refractivity contribution >= 4 is 17.7 Å². The molecule has 28 heavy (non-hydrogen) atoms. The second-order valence-corrected chi connectivity index (χ2v) is 8.31. The smallest absolute Gasteiger partial charge is 0.410 e. The van der Waals surface area contributed by atoms with E-state index in [1.807, 2.05) is 27.8 Å². The zero-order chi connectivity index (χ0) is 20.1. The normalized spacial score (nSPS) is 18.2. The molecule has 0 bridgehead atoms. The molecular weight excluding hydrogens is 354 g/mol. The van der Waals surface area contributed by atoms with Crippen LogP contribution in [0.4, 0.5) is 10.5 Å². The van der Waals surface area contributed by atoms with E-state index in [1.54, 1.807) is 4.90 Å². The predicted molar refractivity (Wildman–Crippen MR) is 113 cm³/mol. The summed E-state index contributed by atoms with van der Waals surface area (Å²) in [5.74, 6) is 0.928. The van der Waals surface area contributed by atoms with Gasteiger partial charge in [-0.1, -0.05) is 18.2 Å². The SMILES string of the molecule is CN=C(NCCN1CCN(C(=O)OC(C)(C)C)CC1)N1CCc2ccccc21. The van der Waals surface area contributed by atoms with Gasteiger partial charge in [0, 0.05) is 58.5 Å². The predicted octanol–water partition coefficient (Wildman–Crippen LogP) is 2.18. The number of nitrogens with one attached hydrogen (secondary N) is 1. The fraction of sp³-hybridized carbons (Fsp3) is 0.619. The van der Waals surface area contributed by atoms with Crippen molar-refractivity contribution in [1.29, 1.82) is 0 Å². The molecule has 1 amide bonds. The lowest BCUT2D eigenvalue weighted by Crippen LogP contribution is -2.52. The molecule has 0 radical (unpaired) electrons. The van der Waals surface area contributed by atoms with Crippen molar-refractivity contribution in [3.63, 3.8) is 0 Å². The Labute approximate surface area is 168 Å². The Morgan fingerprint density at radius 2 is 1.86 bits per heavy atom. The van der Waals surface area contributed by atoms with Gasteiger partial charge in [0.25, 0.3) is 0 Å². The topological polar surface area (TPSA) is 60.4 Å². The molecule has 2 aliphatic heterocycles. The number of carbonyl (C=O) groups is 1. The minimum Gasteiger partial charge on any atom is -0.444 e. The molecule has 7 nitrogen and oxygen atoms in total. The second kappa shape index (κ2) is 8.82. The molecule has 1 fully saturated rings. The van der Waals surface area contributed by atoms with Gasteiger partial charge < -0.3 is 19.9 Å². The van der Waals surface area contributed by atoms with Crippen molar-refractivity contribution in [2.75, 3.05) is 57.8 Å². The quantitative estimate of drug-likeness (QED) is 0.636. The number of amides is 1. The van der Waals surface area contributed by atoms with Gasteiger partial charge in [0.15, 0.2) is 5.96 Å². The van der Waals surface area contributed by atoms with Crippen molar-refractivity contribution in [1.82, 2.24) is 15.1 Å². The third kappa shape index (κ3) is 5.16. The monoisotopic (exact) mass is 387 g/mol. The maximum Gasteiger partial charge on any atom is 0.410 e. The number of rotatable bonds is 3. The highest BCUT2D eigenvalue weighted by Gasteiger charge is 2.26. The van der Waals surface area contributed by atoms with E-state index in [-0.39, 0.29) is 6.09 Å². The van der Waals surface area contributed by atoms with Gasteiger partial charge in [0.1, 0.15) is 5.60 Å². The first-order valence-electron chi connectivity index (χ1n) is 10.1. The standard InChI is InChI=1S/C21H33N5O2/c1-21(2,3)28-20(27)25-15-13-24(14-16-25)12-10-23-19(22-4)26-11-9-17-7-5-6-8-18(17)26/h5-8H,9-16H2,1-4H3,(H,22,23). The summed E-state index contributed by atoms with van der Waals surface area (Å²) in [7, 11) is 1.84. The van der Waals surface area contributed by atoms with Gasteiger partial charge >= 0.3 is 6.09 Å². The van der Waals surface area contributed by atoms with Crippen molar-refractivity contribution < 1.29 is 9.53 Å². The Kier molecular flexibility index (Phi) is 6.44. The number of carbonyl (C=O) groups excluding carboxylic acids is 1. The molecule has 0 atom stereocenters. The summed E-state index contributed by atoms with van der Waals surface area (Å²) in [4.78, 5) is 23.1. The largest absolute Gasteiger partial charge is 0.444 e. The number of hydrogen-bond acceptors (Lipinski definition) is 4. The lowest BCUT2D eigenvalue weighted by Gasteiger charge is -2.35. The lowest BCUT2D eigenvalue weighted by molar-refractivity contribution is 0.0147. The summed E-state index contributed by atoms with van der Waals surface area (Å²) < 4.78 is 5.46. The first kappa shape index (κ1) is 20.5. The van der Waals surface area contributed by atoms with Crippen LogP contribution in [0.25, 0.3) is 0 Å². The molecular formula is C21H33N5O2. The van der Waals surface area contributed by atoms with Crippen LogP contribution in [0.15, 0.2) is 29.3 Å². The van der Waals surface area contributed by atoms with Gasteiger partial charge in [-0.05, 0) is 38.8 Å². The number of piperazine rings is 1. The van der Waals surface area contributed by atoms with Crippen LogP contribution in [-0.4, -0.2) is 80.3 Å². The Balaban J connectivity index is 1.42. The molecule has 1 N–H and O–H groups in total. The first-order valence-corrected chi connectivity index (χ1v) is 10.1. The van der Waals surface area contributed by atoms with Crippen molar-refractivity contribution in [3.05, 3.63) is 29.8 Å².